The molecule has 0 saturated heterocycles. The van der Waals surface area contributed by atoms with Crippen LogP contribution >= 0.6 is 0 Å². The van der Waals surface area contributed by atoms with Gasteiger partial charge in [0.15, 0.2) is 5.52 Å². The summed E-state index contributed by atoms with van der Waals surface area (Å²) in [7, 11) is -3.63. The predicted molar refractivity (Wildman–Crippen MR) is 71.1 cm³/mol. The van der Waals surface area contributed by atoms with Crippen LogP contribution in [0.3, 0.4) is 0 Å². The molecule has 19 heavy (non-hydrogen) atoms. The summed E-state index contributed by atoms with van der Waals surface area (Å²) in [5.41, 5.74) is 0.710. The van der Waals surface area contributed by atoms with E-state index in [1.54, 1.807) is 12.1 Å². The molecule has 1 aromatic heterocycles. The third kappa shape index (κ3) is 2.35. The monoisotopic (exact) mass is 283 g/mol. The molecule has 0 bridgehead atoms. The molecule has 0 fully saturated rings. The van der Waals surface area contributed by atoms with Crippen molar-refractivity contribution in [2.75, 3.05) is 0 Å². The third-order valence-corrected chi connectivity index (χ3v) is 5.11. The standard InChI is InChI=1S/C12H17N3O3S/c1-8(2)15(9(3)4)19(16,17)11-7-5-6-10-12(11)14-18-13-10/h5-9H,1-4H3. The number of fused-ring (bicyclic) bond motifs is 1. The van der Waals surface area contributed by atoms with Gasteiger partial charge < -0.3 is 0 Å². The first-order valence-corrected chi connectivity index (χ1v) is 7.54. The normalized spacial score (nSPS) is 13.0. The number of rotatable bonds is 4. The Labute approximate surface area is 112 Å². The van der Waals surface area contributed by atoms with Crippen LogP contribution in [0, 0.1) is 0 Å². The molecule has 7 heteroatoms. The number of sulfonamides is 1. The van der Waals surface area contributed by atoms with E-state index in [1.165, 1.54) is 10.4 Å². The zero-order valence-corrected chi connectivity index (χ0v) is 12.2. The Hall–Kier alpha value is -1.47. The van der Waals surface area contributed by atoms with E-state index in [9.17, 15) is 8.42 Å². The number of nitrogens with zero attached hydrogens (tertiary/aromatic N) is 3. The Kier molecular flexibility index (Phi) is 3.60. The van der Waals surface area contributed by atoms with Gasteiger partial charge in [-0.15, -0.1) is 0 Å². The van der Waals surface area contributed by atoms with Crippen LogP contribution in [0.15, 0.2) is 27.7 Å². The van der Waals surface area contributed by atoms with Gasteiger partial charge in [-0.2, -0.15) is 4.31 Å². The fourth-order valence-corrected chi connectivity index (χ4v) is 4.23. The lowest BCUT2D eigenvalue weighted by molar-refractivity contribution is 0.301. The molecular formula is C12H17N3O3S. The van der Waals surface area contributed by atoms with Gasteiger partial charge in [0.1, 0.15) is 10.4 Å². The molecule has 0 atom stereocenters. The highest BCUT2D eigenvalue weighted by Crippen LogP contribution is 2.26. The van der Waals surface area contributed by atoms with E-state index >= 15 is 0 Å². The summed E-state index contributed by atoms with van der Waals surface area (Å²) in [5.74, 6) is 0. The molecule has 2 rings (SSSR count). The van der Waals surface area contributed by atoms with E-state index in [0.29, 0.717) is 5.52 Å². The molecule has 0 radical (unpaired) electrons. The Morgan fingerprint density at radius 1 is 1.11 bits per heavy atom. The zero-order valence-electron chi connectivity index (χ0n) is 11.4. The first-order valence-electron chi connectivity index (χ1n) is 6.10. The average Bonchev–Trinajstić information content (AvgIpc) is 2.74. The molecule has 0 N–H and O–H groups in total. The fraction of sp³-hybridized carbons (Fsp3) is 0.500. The van der Waals surface area contributed by atoms with Gasteiger partial charge in [0.25, 0.3) is 0 Å². The van der Waals surface area contributed by atoms with Crippen molar-refractivity contribution in [2.45, 2.75) is 44.7 Å². The Morgan fingerprint density at radius 3 is 2.32 bits per heavy atom. The zero-order chi connectivity index (χ0) is 14.2. The summed E-state index contributed by atoms with van der Waals surface area (Å²) >= 11 is 0. The topological polar surface area (TPSA) is 76.3 Å². The minimum absolute atomic E-state index is 0.133. The third-order valence-electron chi connectivity index (χ3n) is 2.82. The summed E-state index contributed by atoms with van der Waals surface area (Å²) in [4.78, 5) is 0.133. The van der Waals surface area contributed by atoms with Crippen LogP contribution in [0.5, 0.6) is 0 Å². The maximum atomic E-state index is 12.7. The van der Waals surface area contributed by atoms with E-state index in [1.807, 2.05) is 27.7 Å². The highest BCUT2D eigenvalue weighted by Gasteiger charge is 2.31. The lowest BCUT2D eigenvalue weighted by atomic mass is 10.3. The average molecular weight is 283 g/mol. The van der Waals surface area contributed by atoms with Crippen LogP contribution in [0.1, 0.15) is 27.7 Å². The number of aromatic nitrogens is 2. The van der Waals surface area contributed by atoms with E-state index in [0.717, 1.165) is 0 Å². The minimum Gasteiger partial charge on any atom is -0.243 e. The Morgan fingerprint density at radius 2 is 1.74 bits per heavy atom. The van der Waals surface area contributed by atoms with Gasteiger partial charge in [-0.05, 0) is 50.1 Å². The van der Waals surface area contributed by atoms with Gasteiger partial charge in [0.2, 0.25) is 10.0 Å². The van der Waals surface area contributed by atoms with Crippen molar-refractivity contribution in [3.8, 4) is 0 Å². The summed E-state index contributed by atoms with van der Waals surface area (Å²) < 4.78 is 31.6. The molecule has 2 aromatic rings. The van der Waals surface area contributed by atoms with E-state index in [2.05, 4.69) is 14.9 Å². The largest absolute Gasteiger partial charge is 0.245 e. The maximum Gasteiger partial charge on any atom is 0.245 e. The van der Waals surface area contributed by atoms with Crippen LogP contribution in [0.2, 0.25) is 0 Å². The van der Waals surface area contributed by atoms with Gasteiger partial charge in [-0.3, -0.25) is 0 Å². The molecule has 0 amide bonds. The first-order chi connectivity index (χ1) is 8.85. The molecular weight excluding hydrogens is 266 g/mol. The van der Waals surface area contributed by atoms with E-state index in [-0.39, 0.29) is 22.5 Å². The van der Waals surface area contributed by atoms with Gasteiger partial charge in [0.05, 0.1) is 0 Å². The SMILES string of the molecule is CC(C)N(C(C)C)S(=O)(=O)c1cccc2nonc12. The van der Waals surface area contributed by atoms with Crippen molar-refractivity contribution in [3.05, 3.63) is 18.2 Å². The lowest BCUT2D eigenvalue weighted by Gasteiger charge is -2.29. The van der Waals surface area contributed by atoms with Crippen LogP contribution in [0.4, 0.5) is 0 Å². The summed E-state index contributed by atoms with van der Waals surface area (Å²) in [6, 6.07) is 4.55. The molecule has 104 valence electrons. The van der Waals surface area contributed by atoms with Crippen LogP contribution in [0.25, 0.3) is 11.0 Å². The summed E-state index contributed by atoms with van der Waals surface area (Å²) in [5, 5.41) is 7.37. The minimum atomic E-state index is -3.63. The van der Waals surface area contributed by atoms with Crippen LogP contribution < -0.4 is 0 Å². The first kappa shape index (κ1) is 14.0. The van der Waals surface area contributed by atoms with Crippen LogP contribution in [-0.2, 0) is 10.0 Å². The van der Waals surface area contributed by atoms with Crippen molar-refractivity contribution in [2.24, 2.45) is 0 Å². The molecule has 0 aliphatic carbocycles. The predicted octanol–water partition coefficient (Wildman–Crippen LogP) is 2.03. The number of benzene rings is 1. The quantitative estimate of drug-likeness (QED) is 0.858. The van der Waals surface area contributed by atoms with Gasteiger partial charge in [-0.1, -0.05) is 6.07 Å². The molecule has 0 spiro atoms. The Balaban J connectivity index is 2.64. The molecule has 1 aromatic carbocycles. The van der Waals surface area contributed by atoms with Crippen molar-refractivity contribution in [3.63, 3.8) is 0 Å². The van der Waals surface area contributed by atoms with Gasteiger partial charge >= 0.3 is 0 Å². The van der Waals surface area contributed by atoms with Crippen molar-refractivity contribution in [1.82, 2.24) is 14.6 Å². The second-order valence-electron chi connectivity index (χ2n) is 4.91. The molecule has 0 saturated carbocycles. The molecule has 0 aliphatic heterocycles. The summed E-state index contributed by atoms with van der Waals surface area (Å²) in [6.07, 6.45) is 0. The Bertz CT molecular complexity index is 668. The van der Waals surface area contributed by atoms with Crippen LogP contribution in [-0.4, -0.2) is 35.1 Å². The maximum absolute atomic E-state index is 12.7. The highest BCUT2D eigenvalue weighted by molar-refractivity contribution is 7.89. The van der Waals surface area contributed by atoms with Crippen molar-refractivity contribution < 1.29 is 13.0 Å². The molecule has 1 heterocycles. The highest BCUT2D eigenvalue weighted by atomic mass is 32.2. The van der Waals surface area contributed by atoms with Crippen molar-refractivity contribution in [1.29, 1.82) is 0 Å². The molecule has 0 aliphatic rings. The summed E-state index contributed by atoms with van der Waals surface area (Å²) in [6.45, 7) is 7.38. The van der Waals surface area contributed by atoms with E-state index < -0.39 is 10.0 Å². The van der Waals surface area contributed by atoms with E-state index in [4.69, 9.17) is 0 Å². The van der Waals surface area contributed by atoms with Gasteiger partial charge in [0, 0.05) is 12.1 Å². The molecule has 6 nitrogen and oxygen atoms in total. The fourth-order valence-electron chi connectivity index (χ4n) is 2.25. The van der Waals surface area contributed by atoms with Crippen molar-refractivity contribution >= 4 is 21.1 Å². The number of hydrogen-bond donors (Lipinski definition) is 0. The molecule has 0 unspecified atom stereocenters. The second kappa shape index (κ2) is 4.90. The second-order valence-corrected chi connectivity index (χ2v) is 6.72. The van der Waals surface area contributed by atoms with Gasteiger partial charge in [-0.25, -0.2) is 13.0 Å². The smallest absolute Gasteiger partial charge is 0.243 e. The number of hydrogen-bond acceptors (Lipinski definition) is 5. The lowest BCUT2D eigenvalue weighted by Crippen LogP contribution is -2.42.